The molecule has 0 fully saturated rings. The molecule has 5 nitrogen and oxygen atoms in total. The number of carbonyl (C=O) groups is 1. The molecular formula is C24H20FN3O2. The summed E-state index contributed by atoms with van der Waals surface area (Å²) in [6.45, 7) is 4.06. The summed E-state index contributed by atoms with van der Waals surface area (Å²) in [6.07, 6.45) is 3.08. The number of nitrogens with zero attached hydrogens (tertiary/aromatic N) is 2. The van der Waals surface area contributed by atoms with Crippen molar-refractivity contribution in [1.29, 1.82) is 0 Å². The lowest BCUT2D eigenvalue weighted by atomic mass is 10.1. The molecule has 0 radical (unpaired) electrons. The lowest BCUT2D eigenvalue weighted by molar-refractivity contribution is 0.0950. The number of fused-ring (bicyclic) bond motifs is 1. The number of hydrogen-bond donors (Lipinski definition) is 1. The highest BCUT2D eigenvalue weighted by molar-refractivity contribution is 5.96. The molecule has 4 rings (SSSR count). The van der Waals surface area contributed by atoms with Crippen LogP contribution in [0.4, 0.5) is 4.39 Å². The number of nitrogens with one attached hydrogen (secondary N) is 1. The molecular weight excluding hydrogens is 381 g/mol. The highest BCUT2D eigenvalue weighted by Crippen LogP contribution is 2.32. The number of benzene rings is 2. The molecule has 0 unspecified atom stereocenters. The summed E-state index contributed by atoms with van der Waals surface area (Å²) in [4.78, 5) is 20.6. The molecule has 0 aliphatic carbocycles. The van der Waals surface area contributed by atoms with E-state index >= 15 is 0 Å². The van der Waals surface area contributed by atoms with Gasteiger partial charge >= 0.3 is 0 Å². The minimum atomic E-state index is -0.576. The van der Waals surface area contributed by atoms with Crippen molar-refractivity contribution in [3.63, 3.8) is 0 Å². The Morgan fingerprint density at radius 2 is 1.83 bits per heavy atom. The summed E-state index contributed by atoms with van der Waals surface area (Å²) >= 11 is 0. The Hall–Kier alpha value is -3.80. The van der Waals surface area contributed by atoms with Crippen LogP contribution >= 0.6 is 0 Å². The van der Waals surface area contributed by atoms with Crippen LogP contribution in [0.5, 0.6) is 11.5 Å². The second-order valence-electron chi connectivity index (χ2n) is 7.03. The van der Waals surface area contributed by atoms with Gasteiger partial charge in [-0.25, -0.2) is 4.98 Å². The van der Waals surface area contributed by atoms with Crippen LogP contribution < -0.4 is 10.1 Å². The smallest absolute Gasteiger partial charge is 0.251 e. The Balaban J connectivity index is 1.57. The van der Waals surface area contributed by atoms with Crippen molar-refractivity contribution in [2.45, 2.75) is 20.4 Å². The monoisotopic (exact) mass is 401 g/mol. The van der Waals surface area contributed by atoms with E-state index in [2.05, 4.69) is 15.3 Å². The van der Waals surface area contributed by atoms with Crippen LogP contribution in [-0.4, -0.2) is 15.9 Å². The lowest BCUT2D eigenvalue weighted by Crippen LogP contribution is -2.23. The first kappa shape index (κ1) is 19.5. The van der Waals surface area contributed by atoms with Gasteiger partial charge in [-0.05, 0) is 67.4 Å². The molecule has 2 aromatic carbocycles. The number of carbonyl (C=O) groups excluding carboxylic acids is 1. The predicted molar refractivity (Wildman–Crippen MR) is 113 cm³/mol. The minimum Gasteiger partial charge on any atom is -0.456 e. The molecule has 1 amide bonds. The molecule has 0 aliphatic heterocycles. The zero-order valence-corrected chi connectivity index (χ0v) is 16.6. The third-order valence-corrected chi connectivity index (χ3v) is 4.85. The summed E-state index contributed by atoms with van der Waals surface area (Å²) < 4.78 is 19.4. The van der Waals surface area contributed by atoms with Crippen LogP contribution in [-0.2, 0) is 6.54 Å². The van der Waals surface area contributed by atoms with Crippen molar-refractivity contribution < 1.29 is 13.9 Å². The van der Waals surface area contributed by atoms with Gasteiger partial charge in [0.2, 0.25) is 5.95 Å². The number of aromatic nitrogens is 2. The molecule has 0 aliphatic rings. The van der Waals surface area contributed by atoms with E-state index < -0.39 is 5.95 Å². The third kappa shape index (κ3) is 4.12. The number of halogens is 1. The van der Waals surface area contributed by atoms with Gasteiger partial charge in [-0.15, -0.1) is 0 Å². The molecule has 2 heterocycles. The molecule has 6 heteroatoms. The first-order valence-electron chi connectivity index (χ1n) is 9.53. The average Bonchev–Trinajstić information content (AvgIpc) is 2.73. The Bertz CT molecular complexity index is 1240. The Morgan fingerprint density at radius 3 is 2.67 bits per heavy atom. The van der Waals surface area contributed by atoms with E-state index in [4.69, 9.17) is 4.74 Å². The first-order chi connectivity index (χ1) is 14.5. The predicted octanol–water partition coefficient (Wildman–Crippen LogP) is 5.11. The van der Waals surface area contributed by atoms with Crippen LogP contribution in [0.3, 0.4) is 0 Å². The fourth-order valence-corrected chi connectivity index (χ4v) is 3.24. The van der Waals surface area contributed by atoms with Gasteiger partial charge in [0.1, 0.15) is 11.5 Å². The van der Waals surface area contributed by atoms with Gasteiger partial charge in [0, 0.05) is 35.5 Å². The zero-order chi connectivity index (χ0) is 21.1. The van der Waals surface area contributed by atoms with Gasteiger partial charge in [-0.3, -0.25) is 9.78 Å². The van der Waals surface area contributed by atoms with Crippen LogP contribution in [0, 0.1) is 19.8 Å². The van der Waals surface area contributed by atoms with E-state index in [9.17, 15) is 9.18 Å². The van der Waals surface area contributed by atoms with E-state index in [0.717, 1.165) is 16.5 Å². The van der Waals surface area contributed by atoms with Crippen molar-refractivity contribution in [2.75, 3.05) is 0 Å². The van der Waals surface area contributed by atoms with E-state index in [1.807, 2.05) is 44.2 Å². The SMILES string of the molecule is Cc1ccc2c(Oc3cccc(C(=O)NCc4ccnc(F)c4)c3C)ccnc2c1. The van der Waals surface area contributed by atoms with Gasteiger partial charge in [0.05, 0.1) is 5.52 Å². The molecule has 0 saturated carbocycles. The Labute approximate surface area is 173 Å². The van der Waals surface area contributed by atoms with Crippen LogP contribution in [0.25, 0.3) is 10.9 Å². The third-order valence-electron chi connectivity index (χ3n) is 4.85. The van der Waals surface area contributed by atoms with Crippen molar-refractivity contribution in [2.24, 2.45) is 0 Å². The van der Waals surface area contributed by atoms with E-state index in [1.54, 1.807) is 24.4 Å². The quantitative estimate of drug-likeness (QED) is 0.472. The maximum Gasteiger partial charge on any atom is 0.251 e. The second-order valence-corrected chi connectivity index (χ2v) is 7.03. The fourth-order valence-electron chi connectivity index (χ4n) is 3.24. The molecule has 0 spiro atoms. The highest BCUT2D eigenvalue weighted by atomic mass is 19.1. The van der Waals surface area contributed by atoms with E-state index in [-0.39, 0.29) is 12.5 Å². The number of amides is 1. The average molecular weight is 401 g/mol. The number of pyridine rings is 2. The normalized spacial score (nSPS) is 10.8. The summed E-state index contributed by atoms with van der Waals surface area (Å²) in [5.74, 6) is 0.428. The van der Waals surface area contributed by atoms with Crippen molar-refractivity contribution in [3.8, 4) is 11.5 Å². The van der Waals surface area contributed by atoms with E-state index in [1.165, 1.54) is 12.3 Å². The summed E-state index contributed by atoms with van der Waals surface area (Å²) in [6, 6.07) is 16.1. The number of ether oxygens (including phenoxy) is 1. The number of rotatable bonds is 5. The van der Waals surface area contributed by atoms with Gasteiger partial charge in [0.15, 0.2) is 0 Å². The molecule has 2 aromatic heterocycles. The molecule has 4 aromatic rings. The van der Waals surface area contributed by atoms with E-state index in [0.29, 0.717) is 28.2 Å². The van der Waals surface area contributed by atoms with Crippen molar-refractivity contribution in [3.05, 3.63) is 95.2 Å². The molecule has 1 N–H and O–H groups in total. The van der Waals surface area contributed by atoms with Crippen molar-refractivity contribution in [1.82, 2.24) is 15.3 Å². The fraction of sp³-hybridized carbons (Fsp3) is 0.125. The van der Waals surface area contributed by atoms with Crippen LogP contribution in [0.15, 0.2) is 67.0 Å². The van der Waals surface area contributed by atoms with Crippen molar-refractivity contribution >= 4 is 16.8 Å². The van der Waals surface area contributed by atoms with Gasteiger partial charge < -0.3 is 10.1 Å². The molecule has 0 atom stereocenters. The van der Waals surface area contributed by atoms with Crippen LogP contribution in [0.2, 0.25) is 0 Å². The Kier molecular flexibility index (Phi) is 5.39. The van der Waals surface area contributed by atoms with Gasteiger partial charge in [-0.1, -0.05) is 12.1 Å². The molecule has 0 saturated heterocycles. The maximum absolute atomic E-state index is 13.2. The zero-order valence-electron chi connectivity index (χ0n) is 16.6. The first-order valence-corrected chi connectivity index (χ1v) is 9.53. The van der Waals surface area contributed by atoms with Gasteiger partial charge in [-0.2, -0.15) is 4.39 Å². The molecule has 150 valence electrons. The number of aryl methyl sites for hydroxylation is 1. The van der Waals surface area contributed by atoms with Crippen LogP contribution in [0.1, 0.15) is 27.0 Å². The largest absolute Gasteiger partial charge is 0.456 e. The minimum absolute atomic E-state index is 0.205. The maximum atomic E-state index is 13.2. The standard InChI is InChI=1S/C24H20FN3O2/c1-15-6-7-19-20(12-15)26-11-9-22(19)30-21-5-3-4-18(16(21)2)24(29)28-14-17-8-10-27-23(25)13-17/h3-13H,14H2,1-2H3,(H,28,29). The van der Waals surface area contributed by atoms with Gasteiger partial charge in [0.25, 0.3) is 5.91 Å². The second kappa shape index (κ2) is 8.29. The summed E-state index contributed by atoms with van der Waals surface area (Å²) in [5.41, 5.74) is 3.82. The highest BCUT2D eigenvalue weighted by Gasteiger charge is 2.14. The Morgan fingerprint density at radius 1 is 1.00 bits per heavy atom. The molecule has 30 heavy (non-hydrogen) atoms. The molecule has 0 bridgehead atoms. The number of hydrogen-bond acceptors (Lipinski definition) is 4. The summed E-state index contributed by atoms with van der Waals surface area (Å²) in [5, 5.41) is 3.71. The summed E-state index contributed by atoms with van der Waals surface area (Å²) in [7, 11) is 0. The topological polar surface area (TPSA) is 64.1 Å². The lowest BCUT2D eigenvalue weighted by Gasteiger charge is -2.14.